The number of ketones is 2. The number of aliphatic hydroxyl groups is 1. The number of halogens is 6. The second-order valence-corrected chi connectivity index (χ2v) is 36.2. The van der Waals surface area contributed by atoms with Crippen LogP contribution in [0.15, 0.2) is 140 Å². The molecule has 4 amide bonds. The number of alkyl halides is 3. The van der Waals surface area contributed by atoms with Crippen LogP contribution in [0.1, 0.15) is 220 Å². The van der Waals surface area contributed by atoms with Crippen molar-refractivity contribution in [1.29, 1.82) is 0 Å². The monoisotopic (exact) mass is 1700 g/mol. The number of amides is 4. The number of carbonyl (C=O) groups is 6. The Morgan fingerprint density at radius 3 is 1.15 bits per heavy atom. The van der Waals surface area contributed by atoms with Crippen LogP contribution in [-0.2, 0) is 53.9 Å². The lowest BCUT2D eigenvalue weighted by atomic mass is 9.81. The van der Waals surface area contributed by atoms with Crippen molar-refractivity contribution in [3.63, 3.8) is 0 Å². The summed E-state index contributed by atoms with van der Waals surface area (Å²) in [6, 6.07) is 42.6. The summed E-state index contributed by atoms with van der Waals surface area (Å²) in [5, 5.41) is 11.6. The molecule has 18 rings (SSSR count). The van der Waals surface area contributed by atoms with Crippen LogP contribution in [0.4, 0.5) is 17.6 Å². The number of piperidine rings is 4. The van der Waals surface area contributed by atoms with E-state index in [-0.39, 0.29) is 57.3 Å². The molecule has 12 heterocycles. The SMILES string of the molecule is CC(=O)c1ccc2n1CCN(C)C21CCN(C(=O)c2ccc(OCC3CC3)cc2)CC1.CCCCOc1ccc(C(=O)N2CCC3(CC2)c2ccc(Cl)n2CCN3C)cc1.CN1CCn2c(C(=O)C(F)(F)F)ccc2C12CCN(C(=O)c1ccc(C3CC3)cc1)CC2.CN1CCn2c(Cl)ccc2C12CCN(C(=O)c1ccc(C(C)(C)O)c(F)c1)CC2. The van der Waals surface area contributed by atoms with Crippen molar-refractivity contribution in [2.24, 2.45) is 5.92 Å². The summed E-state index contributed by atoms with van der Waals surface area (Å²) in [5.41, 5.74) is 6.83. The van der Waals surface area contributed by atoms with Crippen molar-refractivity contribution >= 4 is 58.4 Å². The minimum Gasteiger partial charge on any atom is -0.494 e. The number of fused-ring (bicyclic) bond motifs is 8. The van der Waals surface area contributed by atoms with E-state index < -0.39 is 28.9 Å². The van der Waals surface area contributed by atoms with Crippen LogP contribution in [0, 0.1) is 11.7 Å². The van der Waals surface area contributed by atoms with Crippen molar-refractivity contribution in [3.8, 4) is 11.5 Å². The third-order valence-electron chi connectivity index (χ3n) is 27.9. The van der Waals surface area contributed by atoms with Crippen LogP contribution < -0.4 is 9.47 Å². The molecule has 4 aromatic heterocycles. The number of likely N-dealkylation sites (N-methyl/N-ethyl adjacent to an activating group) is 4. The smallest absolute Gasteiger partial charge is 0.456 e. The average Bonchev–Trinajstić information content (AvgIpc) is 1.66. The molecule has 0 bridgehead atoms. The first-order valence-electron chi connectivity index (χ1n) is 43.2. The molecule has 8 aliphatic heterocycles. The summed E-state index contributed by atoms with van der Waals surface area (Å²) in [7, 11) is 8.46. The fourth-order valence-corrected chi connectivity index (χ4v) is 20.4. The van der Waals surface area contributed by atoms with E-state index in [9.17, 15) is 51.4 Å². The maximum absolute atomic E-state index is 14.4. The minimum atomic E-state index is -4.89. The van der Waals surface area contributed by atoms with Gasteiger partial charge in [0.05, 0.1) is 52.4 Å². The molecule has 2 saturated carbocycles. The molecule has 0 radical (unpaired) electrons. The maximum Gasteiger partial charge on any atom is 0.456 e. The van der Waals surface area contributed by atoms with Crippen LogP contribution in [0.5, 0.6) is 11.5 Å². The lowest BCUT2D eigenvalue weighted by molar-refractivity contribution is -0.0893. The van der Waals surface area contributed by atoms with Gasteiger partial charge in [0.15, 0.2) is 5.78 Å². The number of benzene rings is 4. The normalized spacial score (nSPS) is 19.9. The third-order valence-corrected chi connectivity index (χ3v) is 28.5. The van der Waals surface area contributed by atoms with Crippen molar-refractivity contribution < 1.29 is 60.9 Å². The fraction of sp³-hybridized carbons (Fsp3) is 0.511. The molecule has 8 aromatic rings. The van der Waals surface area contributed by atoms with Gasteiger partial charge in [0, 0.05) is 162 Å². The molecule has 121 heavy (non-hydrogen) atoms. The molecule has 4 spiro atoms. The predicted octanol–water partition coefficient (Wildman–Crippen LogP) is 15.7. The van der Waals surface area contributed by atoms with Gasteiger partial charge in [0.1, 0.15) is 27.6 Å². The summed E-state index contributed by atoms with van der Waals surface area (Å²) < 4.78 is 73.2. The highest BCUT2D eigenvalue weighted by atomic mass is 35.5. The Bertz CT molecular complexity index is 5090. The van der Waals surface area contributed by atoms with E-state index in [1.165, 1.54) is 84.9 Å². The molecular formula is C94H114Cl2F4N12O9. The van der Waals surface area contributed by atoms with E-state index in [4.69, 9.17) is 32.7 Å². The van der Waals surface area contributed by atoms with Crippen LogP contribution in [-0.4, -0.2) is 224 Å². The molecule has 6 fully saturated rings. The van der Waals surface area contributed by atoms with Gasteiger partial charge < -0.3 is 52.4 Å². The number of likely N-dealkylation sites (tertiary alicyclic amines) is 4. The number of rotatable bonds is 15. The lowest BCUT2D eigenvalue weighted by Gasteiger charge is -2.50. The Labute approximate surface area is 717 Å². The van der Waals surface area contributed by atoms with Crippen LogP contribution in [0.25, 0.3) is 0 Å². The van der Waals surface area contributed by atoms with Gasteiger partial charge in [0.2, 0.25) is 0 Å². The number of hydrogen-bond donors (Lipinski definition) is 1. The number of nitrogens with zero attached hydrogens (tertiary/aromatic N) is 12. The summed E-state index contributed by atoms with van der Waals surface area (Å²) in [6.07, 6.45) is 8.65. The van der Waals surface area contributed by atoms with Crippen molar-refractivity contribution in [2.75, 3.05) is 120 Å². The van der Waals surface area contributed by atoms with Crippen molar-refractivity contribution in [2.45, 2.75) is 184 Å². The fourth-order valence-electron chi connectivity index (χ4n) is 20.0. The number of unbranched alkanes of at least 4 members (excludes halogenated alkanes) is 1. The van der Waals surface area contributed by atoms with Gasteiger partial charge in [-0.3, -0.25) is 48.4 Å². The lowest BCUT2D eigenvalue weighted by Crippen LogP contribution is -2.56. The highest BCUT2D eigenvalue weighted by Crippen LogP contribution is 2.48. The number of ether oxygens (including phenoxy) is 2. The van der Waals surface area contributed by atoms with E-state index in [0.29, 0.717) is 93.7 Å². The van der Waals surface area contributed by atoms with Gasteiger partial charge in [-0.15, -0.1) is 0 Å². The second kappa shape index (κ2) is 35.3. The predicted molar refractivity (Wildman–Crippen MR) is 457 cm³/mol. The summed E-state index contributed by atoms with van der Waals surface area (Å²) in [5.74, 6) is 0.783. The topological polar surface area (TPSA) is 187 Å². The Kier molecular flexibility index (Phi) is 25.3. The number of carbonyl (C=O) groups excluding carboxylic acids is 6. The zero-order valence-electron chi connectivity index (χ0n) is 70.9. The molecule has 1 N–H and O–H groups in total. The zero-order chi connectivity index (χ0) is 85.7. The first kappa shape index (κ1) is 86.8. The maximum atomic E-state index is 14.4. The first-order chi connectivity index (χ1) is 57.9. The molecular weight excluding hydrogens is 1590 g/mol. The van der Waals surface area contributed by atoms with Crippen molar-refractivity contribution in [1.82, 2.24) is 57.5 Å². The Morgan fingerprint density at radius 2 is 0.785 bits per heavy atom. The quantitative estimate of drug-likeness (QED) is 0.0581. The van der Waals surface area contributed by atoms with Crippen LogP contribution >= 0.6 is 23.2 Å². The third kappa shape index (κ3) is 17.5. The Balaban J connectivity index is 0.000000126. The van der Waals surface area contributed by atoms with Gasteiger partial charge in [-0.2, -0.15) is 13.2 Å². The molecule has 4 saturated heterocycles. The zero-order valence-corrected chi connectivity index (χ0v) is 72.4. The molecule has 21 nitrogen and oxygen atoms in total. The van der Waals surface area contributed by atoms with Crippen molar-refractivity contribution in [3.05, 3.63) is 223 Å². The largest absolute Gasteiger partial charge is 0.494 e. The van der Waals surface area contributed by atoms with E-state index in [1.807, 2.05) is 113 Å². The molecule has 10 aliphatic rings. The Morgan fingerprint density at radius 1 is 0.438 bits per heavy atom. The second-order valence-electron chi connectivity index (χ2n) is 35.4. The van der Waals surface area contributed by atoms with E-state index in [2.05, 4.69) is 79.6 Å². The number of Topliss-reactive ketones (excluding diaryl/α,β-unsaturated/α-hetero) is 2. The van der Waals surface area contributed by atoms with Gasteiger partial charge in [-0.25, -0.2) is 4.39 Å². The van der Waals surface area contributed by atoms with E-state index in [0.717, 1.165) is 156 Å². The highest BCUT2D eigenvalue weighted by Gasteiger charge is 2.51. The minimum absolute atomic E-state index is 0.0102. The molecule has 2 aliphatic carbocycles. The summed E-state index contributed by atoms with van der Waals surface area (Å²) >= 11 is 12.7. The molecule has 4 aromatic carbocycles. The molecule has 0 atom stereocenters. The summed E-state index contributed by atoms with van der Waals surface area (Å²) in [4.78, 5) is 93.0. The number of aromatic nitrogens is 4. The number of hydrogen-bond acceptors (Lipinski definition) is 13. The molecule has 27 heteroatoms. The van der Waals surface area contributed by atoms with Gasteiger partial charge in [-0.1, -0.05) is 54.7 Å². The van der Waals surface area contributed by atoms with Crippen LogP contribution in [0.3, 0.4) is 0 Å². The van der Waals surface area contributed by atoms with Gasteiger partial charge >= 0.3 is 6.18 Å². The van der Waals surface area contributed by atoms with E-state index in [1.54, 1.807) is 24.0 Å². The summed E-state index contributed by atoms with van der Waals surface area (Å²) in [6.45, 7) is 19.8. The Hall–Kier alpha value is -9.08. The average molecular weight is 1700 g/mol. The van der Waals surface area contributed by atoms with Gasteiger partial charge in [-0.05, 0) is 264 Å². The van der Waals surface area contributed by atoms with E-state index >= 15 is 0 Å². The standard InChI is InChI=1S/C25H31N3O3.C24H26F3N3O2.C23H30ClN3O2.C22H27ClFN3O2/c1-18(29)22-9-10-23-25(26(2)15-16-28(22)23)11-13-27(14-12-25)24(30)20-5-7-21(8-6-20)31-17-19-3-4-19;1-28-14-15-30-19(21(31)24(25,26)27)8-9-20(30)23(28)10-12-29(13-11-23)22(32)18-6-4-17(5-7-18)16-2-3-16;1-3-4-17-29-19-7-5-18(6-8-19)22(28)26-13-11-23(12-14-26)20-9-10-21(24)27(20)16-15-25(23)2;1-21(2,29)16-5-4-15(14-17(16)24)20(28)26-10-8-22(9-11-26)18-6-7-19(23)27(18)13-12-25(22)3/h5-10,19H,3-4,11-17H2,1-2H3;4-9,16H,2-3,10-15H2,1H3;5-10H,3-4,11-17H2,1-2H3;4-7,14,29H,8-13H2,1-3H3. The molecule has 646 valence electrons. The van der Waals surface area contributed by atoms with Gasteiger partial charge in [0.25, 0.3) is 29.4 Å². The molecule has 0 unspecified atom stereocenters. The highest BCUT2D eigenvalue weighted by molar-refractivity contribution is 6.30. The first-order valence-corrected chi connectivity index (χ1v) is 44.0. The van der Waals surface area contributed by atoms with Crippen LogP contribution in [0.2, 0.25) is 10.3 Å².